The maximum Gasteiger partial charge on any atom is 0.191 e. The first-order chi connectivity index (χ1) is 9.30. The zero-order valence-corrected chi connectivity index (χ0v) is 12.6. The molecule has 3 N–H and O–H groups in total. The van der Waals surface area contributed by atoms with Crippen LogP contribution in [0.1, 0.15) is 32.6 Å². The van der Waals surface area contributed by atoms with E-state index in [2.05, 4.69) is 27.5 Å². The van der Waals surface area contributed by atoms with Crippen molar-refractivity contribution in [2.75, 3.05) is 36.6 Å². The van der Waals surface area contributed by atoms with Gasteiger partial charge in [0.05, 0.1) is 0 Å². The second kappa shape index (κ2) is 9.86. The van der Waals surface area contributed by atoms with E-state index in [0.29, 0.717) is 0 Å². The van der Waals surface area contributed by atoms with E-state index in [1.807, 2.05) is 12.3 Å². The van der Waals surface area contributed by atoms with Crippen LogP contribution in [0.5, 0.6) is 0 Å². The minimum Gasteiger partial charge on any atom is -0.396 e. The summed E-state index contributed by atoms with van der Waals surface area (Å²) < 4.78 is 0. The van der Waals surface area contributed by atoms with Crippen LogP contribution in [0.2, 0.25) is 0 Å². The van der Waals surface area contributed by atoms with Crippen LogP contribution in [0, 0.1) is 0 Å². The van der Waals surface area contributed by atoms with Crippen molar-refractivity contribution in [3.8, 4) is 0 Å². The summed E-state index contributed by atoms with van der Waals surface area (Å²) in [5.74, 6) is 1.74. The number of rotatable bonds is 10. The number of aliphatic hydroxyl groups excluding tert-OH is 1. The largest absolute Gasteiger partial charge is 0.396 e. The quantitative estimate of drug-likeness (QED) is 0.348. The summed E-state index contributed by atoms with van der Waals surface area (Å²) in [5, 5.41) is 16.1. The molecule has 1 aromatic heterocycles. The van der Waals surface area contributed by atoms with Crippen molar-refractivity contribution in [2.24, 2.45) is 0 Å². The van der Waals surface area contributed by atoms with E-state index in [1.165, 1.54) is 0 Å². The first kappa shape index (κ1) is 16.0. The molecule has 108 valence electrons. The van der Waals surface area contributed by atoms with Crippen molar-refractivity contribution in [3.63, 3.8) is 0 Å². The topological polar surface area (TPSA) is 70.1 Å². The van der Waals surface area contributed by atoms with Crippen LogP contribution < -0.4 is 10.6 Å². The van der Waals surface area contributed by atoms with Crippen LogP contribution >= 0.6 is 11.8 Å². The normalized spacial score (nSPS) is 10.5. The third-order valence-corrected chi connectivity index (χ3v) is 3.13. The molecule has 0 bridgehead atoms. The summed E-state index contributed by atoms with van der Waals surface area (Å²) in [6.07, 6.45) is 5.99. The maximum absolute atomic E-state index is 8.72. The lowest BCUT2D eigenvalue weighted by molar-refractivity contribution is 0.283. The Labute approximate surface area is 119 Å². The van der Waals surface area contributed by atoms with E-state index < -0.39 is 0 Å². The third-order valence-electron chi connectivity index (χ3n) is 2.59. The molecule has 0 spiro atoms. The molecule has 0 aliphatic carbocycles. The third kappa shape index (κ3) is 6.63. The van der Waals surface area contributed by atoms with E-state index in [9.17, 15) is 0 Å². The second-order valence-electron chi connectivity index (χ2n) is 4.26. The zero-order valence-electron chi connectivity index (χ0n) is 11.8. The van der Waals surface area contributed by atoms with E-state index in [0.717, 1.165) is 55.6 Å². The van der Waals surface area contributed by atoms with Gasteiger partial charge in [0.2, 0.25) is 0 Å². The molecule has 0 aliphatic heterocycles. The molecule has 0 radical (unpaired) electrons. The molecule has 5 nitrogen and oxygen atoms in total. The maximum atomic E-state index is 8.72. The smallest absolute Gasteiger partial charge is 0.191 e. The molecule has 6 heteroatoms. The van der Waals surface area contributed by atoms with E-state index in [4.69, 9.17) is 5.11 Å². The highest BCUT2D eigenvalue weighted by atomic mass is 32.2. The second-order valence-corrected chi connectivity index (χ2v) is 5.04. The van der Waals surface area contributed by atoms with Gasteiger partial charge in [-0.1, -0.05) is 18.7 Å². The fourth-order valence-electron chi connectivity index (χ4n) is 1.58. The van der Waals surface area contributed by atoms with Crippen molar-refractivity contribution < 1.29 is 5.11 Å². The van der Waals surface area contributed by atoms with E-state index in [1.54, 1.807) is 11.8 Å². The Bertz CT molecular complexity index is 362. The number of hydrogen-bond donors (Lipinski definition) is 3. The number of aliphatic hydroxyl groups is 1. The Kier molecular flexibility index (Phi) is 8.33. The molecule has 0 aromatic carbocycles. The highest BCUT2D eigenvalue weighted by Gasteiger charge is 2.03. The first-order valence-corrected chi connectivity index (χ1v) is 8.04. The van der Waals surface area contributed by atoms with Crippen molar-refractivity contribution >= 4 is 23.4 Å². The van der Waals surface area contributed by atoms with Crippen LogP contribution in [-0.2, 0) is 0 Å². The van der Waals surface area contributed by atoms with Crippen LogP contribution in [-0.4, -0.2) is 41.0 Å². The van der Waals surface area contributed by atoms with Crippen molar-refractivity contribution in [2.45, 2.75) is 37.8 Å². The lowest BCUT2D eigenvalue weighted by atomic mass is 10.2. The van der Waals surface area contributed by atoms with Gasteiger partial charge in [-0.3, -0.25) is 0 Å². The van der Waals surface area contributed by atoms with Crippen molar-refractivity contribution in [1.82, 2.24) is 9.97 Å². The molecule has 0 saturated heterocycles. The standard InChI is InChI=1S/C13H24N4OS/c1-3-7-14-11-10-12(17-13(16-11)19-2)15-8-5-4-6-9-18/h10,18H,3-9H2,1-2H3,(H2,14,15,16,17). The lowest BCUT2D eigenvalue weighted by Gasteiger charge is -2.10. The number of nitrogens with one attached hydrogen (secondary N) is 2. The van der Waals surface area contributed by atoms with Gasteiger partial charge in [-0.25, -0.2) is 9.97 Å². The highest BCUT2D eigenvalue weighted by Crippen LogP contribution is 2.17. The Morgan fingerprint density at radius 2 is 1.79 bits per heavy atom. The monoisotopic (exact) mass is 284 g/mol. The minimum absolute atomic E-state index is 0.273. The Hall–Kier alpha value is -1.01. The molecule has 19 heavy (non-hydrogen) atoms. The molecule has 1 heterocycles. The predicted octanol–water partition coefficient (Wildman–Crippen LogP) is 2.59. The SMILES string of the molecule is CCCNc1cc(NCCCCCO)nc(SC)n1. The Balaban J connectivity index is 2.50. The molecule has 1 rings (SSSR count). The summed E-state index contributed by atoms with van der Waals surface area (Å²) in [4.78, 5) is 8.84. The number of nitrogens with zero attached hydrogens (tertiary/aromatic N) is 2. The number of unbranched alkanes of at least 4 members (excludes halogenated alkanes) is 2. The van der Waals surface area contributed by atoms with Gasteiger partial charge in [-0.2, -0.15) is 0 Å². The molecular formula is C13H24N4OS. The average Bonchev–Trinajstić information content (AvgIpc) is 2.44. The van der Waals surface area contributed by atoms with Gasteiger partial charge in [0.15, 0.2) is 5.16 Å². The van der Waals surface area contributed by atoms with Gasteiger partial charge in [0, 0.05) is 25.8 Å². The lowest BCUT2D eigenvalue weighted by Crippen LogP contribution is -2.08. The molecule has 1 aromatic rings. The molecule has 0 aliphatic rings. The number of anilines is 2. The fraction of sp³-hybridized carbons (Fsp3) is 0.692. The minimum atomic E-state index is 0.273. The first-order valence-electron chi connectivity index (χ1n) is 6.81. The predicted molar refractivity (Wildman–Crippen MR) is 82.0 cm³/mol. The number of thioether (sulfide) groups is 1. The molecular weight excluding hydrogens is 260 g/mol. The Morgan fingerprint density at radius 3 is 2.37 bits per heavy atom. The van der Waals surface area contributed by atoms with Gasteiger partial charge in [0.25, 0.3) is 0 Å². The summed E-state index contributed by atoms with van der Waals surface area (Å²) in [5.41, 5.74) is 0. The van der Waals surface area contributed by atoms with Crippen LogP contribution in [0.15, 0.2) is 11.2 Å². The van der Waals surface area contributed by atoms with Gasteiger partial charge in [-0.15, -0.1) is 0 Å². The van der Waals surface area contributed by atoms with Gasteiger partial charge < -0.3 is 15.7 Å². The van der Waals surface area contributed by atoms with Gasteiger partial charge >= 0.3 is 0 Å². The number of hydrogen-bond acceptors (Lipinski definition) is 6. The van der Waals surface area contributed by atoms with Crippen LogP contribution in [0.3, 0.4) is 0 Å². The van der Waals surface area contributed by atoms with E-state index in [-0.39, 0.29) is 6.61 Å². The Morgan fingerprint density at radius 1 is 1.11 bits per heavy atom. The molecule has 0 amide bonds. The molecule has 0 unspecified atom stereocenters. The van der Waals surface area contributed by atoms with Gasteiger partial charge in [-0.05, 0) is 31.9 Å². The summed E-state index contributed by atoms with van der Waals surface area (Å²) in [6.45, 7) is 4.19. The van der Waals surface area contributed by atoms with E-state index >= 15 is 0 Å². The molecule has 0 saturated carbocycles. The van der Waals surface area contributed by atoms with Crippen molar-refractivity contribution in [3.05, 3.63) is 6.07 Å². The summed E-state index contributed by atoms with van der Waals surface area (Å²) in [7, 11) is 0. The summed E-state index contributed by atoms with van der Waals surface area (Å²) in [6, 6.07) is 1.95. The fourth-order valence-corrected chi connectivity index (χ4v) is 1.96. The summed E-state index contributed by atoms with van der Waals surface area (Å²) >= 11 is 1.54. The molecule has 0 fully saturated rings. The molecule has 0 atom stereocenters. The highest BCUT2D eigenvalue weighted by molar-refractivity contribution is 7.98. The zero-order chi connectivity index (χ0) is 13.9. The van der Waals surface area contributed by atoms with Crippen LogP contribution in [0.25, 0.3) is 0 Å². The average molecular weight is 284 g/mol. The van der Waals surface area contributed by atoms with Gasteiger partial charge in [0.1, 0.15) is 11.6 Å². The number of aromatic nitrogens is 2. The van der Waals surface area contributed by atoms with Crippen LogP contribution in [0.4, 0.5) is 11.6 Å². The van der Waals surface area contributed by atoms with Crippen molar-refractivity contribution in [1.29, 1.82) is 0 Å².